The fraction of sp³-hybridized carbons (Fsp3) is 0.412. The van der Waals surface area contributed by atoms with Crippen LogP contribution in [0.15, 0.2) is 28.9 Å². The predicted octanol–water partition coefficient (Wildman–Crippen LogP) is 2.35. The number of fused-ring (bicyclic) bond motifs is 1. The van der Waals surface area contributed by atoms with Crippen molar-refractivity contribution in [3.8, 4) is 0 Å². The van der Waals surface area contributed by atoms with Crippen molar-refractivity contribution in [2.75, 3.05) is 13.1 Å². The average molecular weight is 325 g/mol. The van der Waals surface area contributed by atoms with Gasteiger partial charge in [0.25, 0.3) is 5.91 Å². The molecule has 1 fully saturated rings. The first-order valence-electron chi connectivity index (χ1n) is 8.15. The highest BCUT2D eigenvalue weighted by atomic mass is 16.5. The molecule has 0 atom stereocenters. The van der Waals surface area contributed by atoms with Gasteiger partial charge in [-0.3, -0.25) is 4.79 Å². The van der Waals surface area contributed by atoms with Crippen molar-refractivity contribution in [2.24, 2.45) is 0 Å². The van der Waals surface area contributed by atoms with Crippen LogP contribution in [0.4, 0.5) is 0 Å². The van der Waals surface area contributed by atoms with Crippen molar-refractivity contribution in [2.45, 2.75) is 32.6 Å². The number of amides is 1. The van der Waals surface area contributed by atoms with Gasteiger partial charge in [0.2, 0.25) is 0 Å². The molecule has 3 aromatic heterocycles. The summed E-state index contributed by atoms with van der Waals surface area (Å²) in [4.78, 5) is 18.7. The molecule has 4 heterocycles. The number of hydrogen-bond donors (Lipinski definition) is 0. The summed E-state index contributed by atoms with van der Waals surface area (Å²) in [6, 6.07) is 5.70. The zero-order valence-electron chi connectivity index (χ0n) is 13.8. The molecule has 0 aromatic carbocycles. The number of carbonyl (C=O) groups excluding carboxylic acids is 1. The zero-order chi connectivity index (χ0) is 16.7. The molecule has 7 heteroatoms. The molecule has 4 rings (SSSR count). The molecule has 0 saturated carbocycles. The first-order chi connectivity index (χ1) is 11.6. The number of aromatic nitrogens is 4. The third-order valence-electron chi connectivity index (χ3n) is 4.56. The van der Waals surface area contributed by atoms with Crippen molar-refractivity contribution in [1.29, 1.82) is 0 Å². The van der Waals surface area contributed by atoms with Gasteiger partial charge in [0.15, 0.2) is 11.3 Å². The molecular weight excluding hydrogens is 306 g/mol. The first-order valence-corrected chi connectivity index (χ1v) is 8.15. The van der Waals surface area contributed by atoms with E-state index in [0.29, 0.717) is 30.5 Å². The Morgan fingerprint density at radius 2 is 2.04 bits per heavy atom. The van der Waals surface area contributed by atoms with E-state index in [1.165, 1.54) is 0 Å². The Hall–Kier alpha value is -2.70. The minimum Gasteiger partial charge on any atom is -0.361 e. The SMILES string of the molecule is Cc1cc2nccc(C3CCN(C(=O)c4cc(C)on4)CC3)n2n1. The largest absolute Gasteiger partial charge is 0.361 e. The summed E-state index contributed by atoms with van der Waals surface area (Å²) in [6.45, 7) is 5.18. The zero-order valence-corrected chi connectivity index (χ0v) is 13.8. The summed E-state index contributed by atoms with van der Waals surface area (Å²) < 4.78 is 6.93. The Kier molecular flexibility index (Phi) is 3.55. The fourth-order valence-electron chi connectivity index (χ4n) is 3.34. The van der Waals surface area contributed by atoms with Crippen LogP contribution < -0.4 is 0 Å². The molecule has 0 radical (unpaired) electrons. The van der Waals surface area contributed by atoms with Crippen LogP contribution in [0.2, 0.25) is 0 Å². The van der Waals surface area contributed by atoms with Crippen molar-refractivity contribution in [1.82, 2.24) is 24.7 Å². The number of likely N-dealkylation sites (tertiary alicyclic amines) is 1. The lowest BCUT2D eigenvalue weighted by Crippen LogP contribution is -2.38. The van der Waals surface area contributed by atoms with Gasteiger partial charge in [-0.1, -0.05) is 5.16 Å². The summed E-state index contributed by atoms with van der Waals surface area (Å²) in [6.07, 6.45) is 3.64. The molecule has 24 heavy (non-hydrogen) atoms. The molecule has 7 nitrogen and oxygen atoms in total. The minimum atomic E-state index is -0.0555. The number of hydrogen-bond acceptors (Lipinski definition) is 5. The van der Waals surface area contributed by atoms with Gasteiger partial charge in [0.05, 0.1) is 5.69 Å². The van der Waals surface area contributed by atoms with E-state index in [1.807, 2.05) is 34.7 Å². The number of nitrogens with zero attached hydrogens (tertiary/aromatic N) is 5. The van der Waals surface area contributed by atoms with Gasteiger partial charge < -0.3 is 9.42 Å². The number of piperidine rings is 1. The monoisotopic (exact) mass is 325 g/mol. The lowest BCUT2D eigenvalue weighted by Gasteiger charge is -2.31. The molecule has 0 aliphatic carbocycles. The van der Waals surface area contributed by atoms with E-state index < -0.39 is 0 Å². The minimum absolute atomic E-state index is 0.0555. The smallest absolute Gasteiger partial charge is 0.276 e. The third-order valence-corrected chi connectivity index (χ3v) is 4.56. The van der Waals surface area contributed by atoms with Crippen molar-refractivity contribution in [3.63, 3.8) is 0 Å². The topological polar surface area (TPSA) is 76.5 Å². The van der Waals surface area contributed by atoms with Crippen LogP contribution in [0.3, 0.4) is 0 Å². The van der Waals surface area contributed by atoms with Crippen LogP contribution in [0.1, 0.15) is 46.4 Å². The van der Waals surface area contributed by atoms with Gasteiger partial charge in [0, 0.05) is 43.0 Å². The van der Waals surface area contributed by atoms with Crippen LogP contribution in [0.5, 0.6) is 0 Å². The molecule has 3 aromatic rings. The molecular formula is C17H19N5O2. The summed E-state index contributed by atoms with van der Waals surface area (Å²) >= 11 is 0. The lowest BCUT2D eigenvalue weighted by molar-refractivity contribution is 0.0701. The van der Waals surface area contributed by atoms with Crippen LogP contribution in [-0.4, -0.2) is 43.7 Å². The molecule has 1 aliphatic rings. The number of aryl methyl sites for hydroxylation is 2. The van der Waals surface area contributed by atoms with Crippen LogP contribution in [-0.2, 0) is 0 Å². The summed E-state index contributed by atoms with van der Waals surface area (Å²) in [5.74, 6) is 0.972. The van der Waals surface area contributed by atoms with Gasteiger partial charge >= 0.3 is 0 Å². The lowest BCUT2D eigenvalue weighted by atomic mass is 9.93. The summed E-state index contributed by atoms with van der Waals surface area (Å²) in [5.41, 5.74) is 3.39. The summed E-state index contributed by atoms with van der Waals surface area (Å²) in [5, 5.41) is 8.37. The molecule has 1 aliphatic heterocycles. The highest BCUT2D eigenvalue weighted by Gasteiger charge is 2.27. The molecule has 0 N–H and O–H groups in total. The van der Waals surface area contributed by atoms with Crippen molar-refractivity contribution >= 4 is 11.6 Å². The van der Waals surface area contributed by atoms with Crippen LogP contribution in [0, 0.1) is 13.8 Å². The Morgan fingerprint density at radius 1 is 1.25 bits per heavy atom. The van der Waals surface area contributed by atoms with Gasteiger partial charge in [-0.05, 0) is 32.8 Å². The second-order valence-electron chi connectivity index (χ2n) is 6.31. The number of rotatable bonds is 2. The van der Waals surface area contributed by atoms with E-state index >= 15 is 0 Å². The third kappa shape index (κ3) is 2.55. The van der Waals surface area contributed by atoms with Crippen LogP contribution >= 0.6 is 0 Å². The Balaban J connectivity index is 1.50. The van der Waals surface area contributed by atoms with Crippen molar-refractivity contribution < 1.29 is 9.32 Å². The quantitative estimate of drug-likeness (QED) is 0.723. The van der Waals surface area contributed by atoms with E-state index in [2.05, 4.69) is 15.2 Å². The maximum Gasteiger partial charge on any atom is 0.276 e. The number of carbonyl (C=O) groups is 1. The maximum atomic E-state index is 12.4. The molecule has 0 bridgehead atoms. The second-order valence-corrected chi connectivity index (χ2v) is 6.31. The maximum absolute atomic E-state index is 12.4. The standard InChI is InChI=1S/C17H19N5O2/c1-11-9-16-18-6-3-15(22(16)19-11)13-4-7-21(8-5-13)17(23)14-10-12(2)24-20-14/h3,6,9-10,13H,4-5,7-8H2,1-2H3. The van der Waals surface area contributed by atoms with Crippen LogP contribution in [0.25, 0.3) is 5.65 Å². The van der Waals surface area contributed by atoms with E-state index in [0.717, 1.165) is 29.9 Å². The van der Waals surface area contributed by atoms with Gasteiger partial charge in [-0.15, -0.1) is 0 Å². The fourth-order valence-corrected chi connectivity index (χ4v) is 3.34. The first kappa shape index (κ1) is 14.9. The highest BCUT2D eigenvalue weighted by molar-refractivity contribution is 5.92. The molecule has 1 saturated heterocycles. The van der Waals surface area contributed by atoms with E-state index in [9.17, 15) is 4.79 Å². The molecule has 0 unspecified atom stereocenters. The average Bonchev–Trinajstić information content (AvgIpc) is 3.18. The Labute approximate surface area is 139 Å². The Bertz CT molecular complexity index is 889. The molecule has 124 valence electrons. The predicted molar refractivity (Wildman–Crippen MR) is 86.8 cm³/mol. The van der Waals surface area contributed by atoms with Gasteiger partial charge in [-0.2, -0.15) is 5.10 Å². The molecule has 1 amide bonds. The van der Waals surface area contributed by atoms with Crippen molar-refractivity contribution in [3.05, 3.63) is 47.2 Å². The summed E-state index contributed by atoms with van der Waals surface area (Å²) in [7, 11) is 0. The normalized spacial score (nSPS) is 16.0. The Morgan fingerprint density at radius 3 is 2.75 bits per heavy atom. The van der Waals surface area contributed by atoms with Gasteiger partial charge in [-0.25, -0.2) is 9.50 Å². The highest BCUT2D eigenvalue weighted by Crippen LogP contribution is 2.28. The second kappa shape index (κ2) is 5.74. The van der Waals surface area contributed by atoms with E-state index in [1.54, 1.807) is 13.0 Å². The van der Waals surface area contributed by atoms with E-state index in [4.69, 9.17) is 4.52 Å². The van der Waals surface area contributed by atoms with E-state index in [-0.39, 0.29) is 5.91 Å². The molecule has 0 spiro atoms. The van der Waals surface area contributed by atoms with Gasteiger partial charge in [0.1, 0.15) is 5.76 Å².